The average Bonchev–Trinajstić information content (AvgIpc) is 2.85. The van der Waals surface area contributed by atoms with E-state index >= 15 is 0 Å². The van der Waals surface area contributed by atoms with Crippen molar-refractivity contribution in [3.8, 4) is 0 Å². The third-order valence-electron chi connectivity index (χ3n) is 4.88. The van der Waals surface area contributed by atoms with Gasteiger partial charge < -0.3 is 21.3 Å². The number of anilines is 2. The van der Waals surface area contributed by atoms with Crippen LogP contribution in [0.25, 0.3) is 0 Å². The number of hydrogen-bond donors (Lipinski definition) is 5. The maximum Gasteiger partial charge on any atom is 0.328 e. The Morgan fingerprint density at radius 2 is 1.58 bits per heavy atom. The molecule has 3 rings (SSSR count). The van der Waals surface area contributed by atoms with Crippen LogP contribution < -0.4 is 26.0 Å². The van der Waals surface area contributed by atoms with Gasteiger partial charge in [0, 0.05) is 24.3 Å². The van der Waals surface area contributed by atoms with Crippen molar-refractivity contribution in [3.63, 3.8) is 0 Å². The molecule has 14 heteroatoms. The van der Waals surface area contributed by atoms with Crippen LogP contribution >= 0.6 is 11.6 Å². The van der Waals surface area contributed by atoms with E-state index < -0.39 is 39.6 Å². The van der Waals surface area contributed by atoms with Crippen molar-refractivity contribution < 1.29 is 31.6 Å². The Bertz CT molecular complexity index is 1490. The van der Waals surface area contributed by atoms with Gasteiger partial charge in [0.15, 0.2) is 0 Å². The summed E-state index contributed by atoms with van der Waals surface area (Å²) in [6, 6.07) is 11.0. The van der Waals surface area contributed by atoms with Crippen LogP contribution in [0.15, 0.2) is 65.6 Å². The SMILES string of the molecule is Cc1cccc(S(=O)(=O)NC(=O)NCCNC(=O)c2ccc(NC(=O)Nc3ccc(F)c(Cl)c3)c(F)c2)c1. The van der Waals surface area contributed by atoms with E-state index in [0.29, 0.717) is 5.56 Å². The van der Waals surface area contributed by atoms with E-state index in [9.17, 15) is 31.6 Å². The van der Waals surface area contributed by atoms with Gasteiger partial charge in [0.05, 0.1) is 15.6 Å². The predicted molar refractivity (Wildman–Crippen MR) is 138 cm³/mol. The van der Waals surface area contributed by atoms with Crippen molar-refractivity contribution in [1.29, 1.82) is 0 Å². The molecule has 0 heterocycles. The summed E-state index contributed by atoms with van der Waals surface area (Å²) in [4.78, 5) is 36.2. The molecule has 0 aromatic heterocycles. The predicted octanol–water partition coefficient (Wildman–Crippen LogP) is 3.99. The molecule has 0 aliphatic heterocycles. The molecule has 0 atom stereocenters. The zero-order valence-corrected chi connectivity index (χ0v) is 21.3. The highest BCUT2D eigenvalue weighted by Gasteiger charge is 2.17. The third-order valence-corrected chi connectivity index (χ3v) is 6.50. The first-order chi connectivity index (χ1) is 17.9. The van der Waals surface area contributed by atoms with Crippen molar-refractivity contribution in [2.75, 3.05) is 23.7 Å². The van der Waals surface area contributed by atoms with Crippen LogP contribution in [0.2, 0.25) is 5.02 Å². The molecule has 5 N–H and O–H groups in total. The number of carbonyl (C=O) groups is 3. The molecule has 0 aliphatic carbocycles. The molecule has 200 valence electrons. The number of urea groups is 2. The van der Waals surface area contributed by atoms with Gasteiger partial charge in [-0.3, -0.25) is 4.79 Å². The minimum atomic E-state index is -4.06. The van der Waals surface area contributed by atoms with Crippen molar-refractivity contribution in [2.45, 2.75) is 11.8 Å². The Hall–Kier alpha value is -4.23. The van der Waals surface area contributed by atoms with Crippen LogP contribution in [-0.2, 0) is 10.0 Å². The van der Waals surface area contributed by atoms with Gasteiger partial charge in [-0.05, 0) is 61.0 Å². The second kappa shape index (κ2) is 12.3. The first kappa shape index (κ1) is 28.3. The highest BCUT2D eigenvalue weighted by atomic mass is 35.5. The molecule has 3 aromatic carbocycles. The van der Waals surface area contributed by atoms with Crippen LogP contribution in [-0.4, -0.2) is 39.5 Å². The molecule has 5 amide bonds. The molecule has 0 saturated carbocycles. The summed E-state index contributed by atoms with van der Waals surface area (Å²) >= 11 is 5.65. The Balaban J connectivity index is 1.46. The van der Waals surface area contributed by atoms with Gasteiger partial charge in [-0.25, -0.2) is 31.5 Å². The number of aryl methyl sites for hydroxylation is 1. The first-order valence-corrected chi connectivity index (χ1v) is 12.8. The van der Waals surface area contributed by atoms with E-state index in [0.717, 1.165) is 12.1 Å². The van der Waals surface area contributed by atoms with Gasteiger partial charge in [0.1, 0.15) is 11.6 Å². The summed E-state index contributed by atoms with van der Waals surface area (Å²) in [5.41, 5.74) is 0.598. The largest absolute Gasteiger partial charge is 0.350 e. The third kappa shape index (κ3) is 7.88. The molecule has 0 spiro atoms. The zero-order valence-electron chi connectivity index (χ0n) is 19.8. The Morgan fingerprint density at radius 3 is 2.26 bits per heavy atom. The van der Waals surface area contributed by atoms with Crippen LogP contribution in [0.4, 0.5) is 29.7 Å². The van der Waals surface area contributed by atoms with E-state index in [1.165, 1.54) is 36.4 Å². The van der Waals surface area contributed by atoms with Gasteiger partial charge in [-0.2, -0.15) is 0 Å². The number of nitrogens with one attached hydrogen (secondary N) is 5. The lowest BCUT2D eigenvalue weighted by Crippen LogP contribution is -2.42. The topological polar surface area (TPSA) is 146 Å². The fourth-order valence-corrected chi connectivity index (χ4v) is 4.28. The lowest BCUT2D eigenvalue weighted by molar-refractivity contribution is 0.0953. The maximum absolute atomic E-state index is 14.4. The summed E-state index contributed by atoms with van der Waals surface area (Å²) in [6.07, 6.45) is 0. The van der Waals surface area contributed by atoms with Crippen LogP contribution in [0, 0.1) is 18.6 Å². The standard InChI is InChI=1S/C24H22ClF2N5O5S/c1-14-3-2-4-17(11-14)38(36,37)32-23(34)29-10-9-28-22(33)15-5-8-21(20(27)12-15)31-24(35)30-16-6-7-19(26)18(25)13-16/h2-8,11-13H,9-10H2,1H3,(H,28,33)(H2,29,32,34)(H2,30,31,35). The molecule has 0 fully saturated rings. The molecule has 3 aromatic rings. The van der Waals surface area contributed by atoms with Gasteiger partial charge >= 0.3 is 12.1 Å². The number of benzene rings is 3. The molecule has 0 saturated heterocycles. The first-order valence-electron chi connectivity index (χ1n) is 10.9. The minimum absolute atomic E-state index is 0.0646. The second-order valence-corrected chi connectivity index (χ2v) is 9.93. The number of sulfonamides is 1. The fraction of sp³-hybridized carbons (Fsp3) is 0.125. The summed E-state index contributed by atoms with van der Waals surface area (Å²) in [6.45, 7) is 1.51. The van der Waals surface area contributed by atoms with Crippen molar-refractivity contribution in [1.82, 2.24) is 15.4 Å². The number of rotatable bonds is 8. The highest BCUT2D eigenvalue weighted by molar-refractivity contribution is 7.90. The number of amides is 5. The Kier molecular flexibility index (Phi) is 9.20. The fourth-order valence-electron chi connectivity index (χ4n) is 3.07. The molecule has 0 aliphatic rings. The van der Waals surface area contributed by atoms with E-state index in [1.807, 2.05) is 4.72 Å². The summed E-state index contributed by atoms with van der Waals surface area (Å²) < 4.78 is 54.0. The number of carbonyl (C=O) groups excluding carboxylic acids is 3. The summed E-state index contributed by atoms with van der Waals surface area (Å²) in [7, 11) is -4.06. The molecule has 0 unspecified atom stereocenters. The summed E-state index contributed by atoms with van der Waals surface area (Å²) in [5, 5.41) is 9.17. The van der Waals surface area contributed by atoms with E-state index in [4.69, 9.17) is 11.6 Å². The molecular formula is C24H22ClF2N5O5S. The van der Waals surface area contributed by atoms with Gasteiger partial charge in [0.25, 0.3) is 15.9 Å². The number of halogens is 3. The smallest absolute Gasteiger partial charge is 0.328 e. The van der Waals surface area contributed by atoms with Gasteiger partial charge in [0.2, 0.25) is 0 Å². The Morgan fingerprint density at radius 1 is 0.842 bits per heavy atom. The van der Waals surface area contributed by atoms with Gasteiger partial charge in [-0.15, -0.1) is 0 Å². The van der Waals surface area contributed by atoms with E-state index in [1.54, 1.807) is 19.1 Å². The molecule has 0 radical (unpaired) electrons. The van der Waals surface area contributed by atoms with Crippen LogP contribution in [0.1, 0.15) is 15.9 Å². The maximum atomic E-state index is 14.4. The zero-order chi connectivity index (χ0) is 27.9. The summed E-state index contributed by atoms with van der Waals surface area (Å²) in [5.74, 6) is -2.23. The average molecular weight is 566 g/mol. The van der Waals surface area contributed by atoms with E-state index in [2.05, 4.69) is 21.3 Å². The van der Waals surface area contributed by atoms with Crippen LogP contribution in [0.3, 0.4) is 0 Å². The number of hydrogen-bond acceptors (Lipinski definition) is 5. The van der Waals surface area contributed by atoms with E-state index in [-0.39, 0.29) is 39.9 Å². The molecule has 10 nitrogen and oxygen atoms in total. The van der Waals surface area contributed by atoms with Gasteiger partial charge in [-0.1, -0.05) is 23.7 Å². The minimum Gasteiger partial charge on any atom is -0.350 e. The van der Waals surface area contributed by atoms with Crippen molar-refractivity contribution in [2.24, 2.45) is 0 Å². The van der Waals surface area contributed by atoms with Crippen molar-refractivity contribution in [3.05, 3.63) is 88.4 Å². The Labute approximate surface area is 221 Å². The molecule has 38 heavy (non-hydrogen) atoms. The quantitative estimate of drug-likeness (QED) is 0.262. The second-order valence-electron chi connectivity index (χ2n) is 7.84. The lowest BCUT2D eigenvalue weighted by atomic mass is 10.2. The van der Waals surface area contributed by atoms with Crippen LogP contribution in [0.5, 0.6) is 0 Å². The highest BCUT2D eigenvalue weighted by Crippen LogP contribution is 2.20. The molecular weight excluding hydrogens is 544 g/mol. The lowest BCUT2D eigenvalue weighted by Gasteiger charge is -2.11. The molecule has 0 bridgehead atoms. The van der Waals surface area contributed by atoms with Crippen molar-refractivity contribution >= 4 is 51.0 Å². The normalized spacial score (nSPS) is 10.8. The monoisotopic (exact) mass is 565 g/mol.